The lowest BCUT2D eigenvalue weighted by Gasteiger charge is -2.23. The van der Waals surface area contributed by atoms with Gasteiger partial charge in [0.2, 0.25) is 0 Å². The summed E-state index contributed by atoms with van der Waals surface area (Å²) < 4.78 is 0. The van der Waals surface area contributed by atoms with Crippen LogP contribution in [0, 0.1) is 0 Å². The molecule has 1 heterocycles. The number of fused-ring (bicyclic) bond motifs is 14. The third-order valence-corrected chi connectivity index (χ3v) is 10.1. The van der Waals surface area contributed by atoms with Gasteiger partial charge in [0.05, 0.1) is 0 Å². The first-order valence-electron chi connectivity index (χ1n) is 16.5. The maximum atomic E-state index is 4.52. The van der Waals surface area contributed by atoms with Gasteiger partial charge in [0.1, 0.15) is 0 Å². The molecule has 0 amide bonds. The maximum absolute atomic E-state index is 4.52. The fraction of sp³-hybridized carbons (Fsp3) is 0. The maximum Gasteiger partial charge on any atom is 0.0352 e. The fourth-order valence-electron chi connectivity index (χ4n) is 7.90. The molecular weight excluding hydrogens is 579 g/mol. The van der Waals surface area contributed by atoms with Gasteiger partial charge < -0.3 is 0 Å². The average Bonchev–Trinajstić information content (AvgIpc) is 3.17. The molecule has 1 heteroatoms. The molecule has 8 aromatic carbocycles. The first-order chi connectivity index (χ1) is 23.8. The van der Waals surface area contributed by atoms with Crippen LogP contribution in [0.1, 0.15) is 0 Å². The van der Waals surface area contributed by atoms with E-state index in [0.29, 0.717) is 0 Å². The molecule has 0 bridgehead atoms. The average molecular weight is 608 g/mol. The molecule has 1 nitrogen and oxygen atoms in total. The Morgan fingerprint density at radius 1 is 0.250 bits per heavy atom. The van der Waals surface area contributed by atoms with E-state index >= 15 is 0 Å². The molecule has 1 aromatic heterocycles. The van der Waals surface area contributed by atoms with E-state index in [-0.39, 0.29) is 0 Å². The molecule has 222 valence electrons. The number of aromatic nitrogens is 1. The van der Waals surface area contributed by atoms with Gasteiger partial charge >= 0.3 is 0 Å². The summed E-state index contributed by atoms with van der Waals surface area (Å²) in [6.07, 6.45) is 3.91. The van der Waals surface area contributed by atoms with Crippen LogP contribution in [-0.2, 0) is 0 Å². The first-order valence-corrected chi connectivity index (χ1v) is 16.5. The highest BCUT2D eigenvalue weighted by Gasteiger charge is 2.22. The number of nitrogens with zero attached hydrogens (tertiary/aromatic N) is 1. The second-order valence-corrected chi connectivity index (χ2v) is 12.7. The molecule has 0 aliphatic heterocycles. The molecule has 0 radical (unpaired) electrons. The molecule has 0 saturated heterocycles. The standard InChI is InChI=1S/C47H29N/c1-2-13-35-34(12-1)36-14-3-4-16-38(36)42-22-20-32(27-45(42)41-19-8-7-15-37(35)41)30-10-9-11-31(26-30)33-21-23-43-39-17-5-6-18-40(39)44-24-25-48-29-47(44)46(43)28-33/h1-29H. The summed E-state index contributed by atoms with van der Waals surface area (Å²) in [4.78, 5) is 4.52. The van der Waals surface area contributed by atoms with Crippen LogP contribution in [0.15, 0.2) is 176 Å². The molecule has 48 heavy (non-hydrogen) atoms. The zero-order valence-corrected chi connectivity index (χ0v) is 26.2. The zero-order valence-electron chi connectivity index (χ0n) is 26.2. The summed E-state index contributed by atoms with van der Waals surface area (Å²) in [5, 5.41) is 7.46. The van der Waals surface area contributed by atoms with Gasteiger partial charge in [-0.3, -0.25) is 4.98 Å². The van der Waals surface area contributed by atoms with E-state index in [2.05, 4.69) is 169 Å². The van der Waals surface area contributed by atoms with Crippen LogP contribution >= 0.6 is 0 Å². The first kappa shape index (κ1) is 26.9. The Bertz CT molecular complexity index is 2690. The quantitative estimate of drug-likeness (QED) is 0.178. The topological polar surface area (TPSA) is 12.9 Å². The number of rotatable bonds is 2. The van der Waals surface area contributed by atoms with Crippen molar-refractivity contribution in [3.8, 4) is 66.8 Å². The molecule has 0 N–H and O–H groups in total. The van der Waals surface area contributed by atoms with Crippen LogP contribution in [0.5, 0.6) is 0 Å². The van der Waals surface area contributed by atoms with Crippen LogP contribution in [0.2, 0.25) is 0 Å². The molecule has 1 aliphatic carbocycles. The predicted molar refractivity (Wildman–Crippen MR) is 203 cm³/mol. The number of hydrogen-bond acceptors (Lipinski definition) is 1. The van der Waals surface area contributed by atoms with Crippen molar-refractivity contribution in [2.24, 2.45) is 0 Å². The van der Waals surface area contributed by atoms with Crippen LogP contribution in [-0.4, -0.2) is 4.98 Å². The van der Waals surface area contributed by atoms with Crippen molar-refractivity contribution < 1.29 is 0 Å². The van der Waals surface area contributed by atoms with Crippen molar-refractivity contribution in [1.82, 2.24) is 4.98 Å². The Balaban J connectivity index is 1.15. The Morgan fingerprint density at radius 3 is 1.29 bits per heavy atom. The third-order valence-electron chi connectivity index (χ3n) is 10.1. The van der Waals surface area contributed by atoms with Gasteiger partial charge in [-0.15, -0.1) is 0 Å². The lowest BCUT2D eigenvalue weighted by Crippen LogP contribution is -1.97. The molecular formula is C47H29N. The SMILES string of the molecule is c1cc(-c2ccc3c(c2)-c2ccccc2-c2ccccc2-c2ccccc2-3)cc(-c2ccc3c4ccccc4c4ccncc4c3c2)c1. The highest BCUT2D eigenvalue weighted by atomic mass is 14.6. The summed E-state index contributed by atoms with van der Waals surface area (Å²) in [5.41, 5.74) is 14.9. The van der Waals surface area contributed by atoms with Crippen molar-refractivity contribution in [2.75, 3.05) is 0 Å². The fourth-order valence-corrected chi connectivity index (χ4v) is 7.90. The Labute approximate surface area is 279 Å². The lowest BCUT2D eigenvalue weighted by molar-refractivity contribution is 1.37. The van der Waals surface area contributed by atoms with Gasteiger partial charge in [-0.1, -0.05) is 140 Å². The highest BCUT2D eigenvalue weighted by molar-refractivity contribution is 6.25. The summed E-state index contributed by atoms with van der Waals surface area (Å²) in [7, 11) is 0. The van der Waals surface area contributed by atoms with Crippen LogP contribution in [0.4, 0.5) is 0 Å². The highest BCUT2D eigenvalue weighted by Crippen LogP contribution is 2.48. The molecule has 0 fully saturated rings. The molecule has 0 atom stereocenters. The summed E-state index contributed by atoms with van der Waals surface area (Å²) in [6.45, 7) is 0. The smallest absolute Gasteiger partial charge is 0.0352 e. The second kappa shape index (κ2) is 10.6. The second-order valence-electron chi connectivity index (χ2n) is 12.7. The number of hydrogen-bond donors (Lipinski definition) is 0. The minimum atomic E-state index is 1.19. The van der Waals surface area contributed by atoms with E-state index in [1.165, 1.54) is 99.1 Å². The predicted octanol–water partition coefficient (Wildman–Crippen LogP) is 12.9. The number of benzene rings is 8. The largest absolute Gasteiger partial charge is 0.264 e. The van der Waals surface area contributed by atoms with E-state index in [1.807, 2.05) is 12.4 Å². The van der Waals surface area contributed by atoms with Crippen molar-refractivity contribution in [3.63, 3.8) is 0 Å². The summed E-state index contributed by atoms with van der Waals surface area (Å²) in [6, 6.07) is 60.2. The van der Waals surface area contributed by atoms with Crippen LogP contribution in [0.3, 0.4) is 0 Å². The Kier molecular flexibility index (Phi) is 5.94. The van der Waals surface area contributed by atoms with E-state index < -0.39 is 0 Å². The Hall–Kier alpha value is -6.31. The van der Waals surface area contributed by atoms with Crippen molar-refractivity contribution in [2.45, 2.75) is 0 Å². The molecule has 0 spiro atoms. The van der Waals surface area contributed by atoms with E-state index in [0.717, 1.165) is 0 Å². The minimum Gasteiger partial charge on any atom is -0.264 e. The van der Waals surface area contributed by atoms with Gasteiger partial charge in [0, 0.05) is 17.8 Å². The van der Waals surface area contributed by atoms with Gasteiger partial charge in [0.25, 0.3) is 0 Å². The Morgan fingerprint density at radius 2 is 0.688 bits per heavy atom. The van der Waals surface area contributed by atoms with Crippen LogP contribution < -0.4 is 0 Å². The van der Waals surface area contributed by atoms with Gasteiger partial charge in [0.15, 0.2) is 0 Å². The van der Waals surface area contributed by atoms with Gasteiger partial charge in [-0.2, -0.15) is 0 Å². The molecule has 0 unspecified atom stereocenters. The lowest BCUT2D eigenvalue weighted by atomic mass is 9.80. The van der Waals surface area contributed by atoms with E-state index in [9.17, 15) is 0 Å². The van der Waals surface area contributed by atoms with Crippen molar-refractivity contribution in [3.05, 3.63) is 176 Å². The molecule has 0 saturated carbocycles. The monoisotopic (exact) mass is 607 g/mol. The van der Waals surface area contributed by atoms with Gasteiger partial charge in [-0.25, -0.2) is 0 Å². The molecule has 10 rings (SSSR count). The van der Waals surface area contributed by atoms with Crippen LogP contribution in [0.25, 0.3) is 99.1 Å². The van der Waals surface area contributed by atoms with E-state index in [4.69, 9.17) is 0 Å². The van der Waals surface area contributed by atoms with E-state index in [1.54, 1.807) is 0 Å². The number of pyridine rings is 1. The minimum absolute atomic E-state index is 1.19. The summed E-state index contributed by atoms with van der Waals surface area (Å²) in [5.74, 6) is 0. The van der Waals surface area contributed by atoms with Crippen molar-refractivity contribution in [1.29, 1.82) is 0 Å². The van der Waals surface area contributed by atoms with Gasteiger partial charge in [-0.05, 0) is 118 Å². The molecule has 9 aromatic rings. The molecule has 1 aliphatic rings. The third kappa shape index (κ3) is 4.08. The van der Waals surface area contributed by atoms with Crippen molar-refractivity contribution >= 4 is 32.3 Å². The normalized spacial score (nSPS) is 11.8. The summed E-state index contributed by atoms with van der Waals surface area (Å²) >= 11 is 0. The zero-order chi connectivity index (χ0) is 31.6.